The lowest BCUT2D eigenvalue weighted by molar-refractivity contribution is 0.102. The number of ether oxygens (including phenoxy) is 2. The zero-order chi connectivity index (χ0) is 18.4. The molecule has 0 spiro atoms. The largest absolute Gasteiger partial charge is 0.497 e. The van der Waals surface area contributed by atoms with Crippen molar-refractivity contribution >= 4 is 23.0 Å². The van der Waals surface area contributed by atoms with Crippen LogP contribution in [-0.2, 0) is 0 Å². The van der Waals surface area contributed by atoms with Gasteiger partial charge in [-0.15, -0.1) is 0 Å². The topological polar surface area (TPSA) is 59.6 Å². The third-order valence-corrected chi connectivity index (χ3v) is 3.86. The molecule has 0 aliphatic carbocycles. The molecule has 5 heteroatoms. The maximum atomic E-state index is 12.5. The van der Waals surface area contributed by atoms with Gasteiger partial charge in [0.25, 0.3) is 5.91 Å². The first-order valence-corrected chi connectivity index (χ1v) is 8.15. The van der Waals surface area contributed by atoms with Crippen molar-refractivity contribution < 1.29 is 14.3 Å². The molecule has 0 fully saturated rings. The molecule has 0 saturated carbocycles. The van der Waals surface area contributed by atoms with E-state index in [0.29, 0.717) is 22.7 Å². The molecule has 5 nitrogen and oxygen atoms in total. The first kappa shape index (κ1) is 17.4. The zero-order valence-electron chi connectivity index (χ0n) is 14.7. The summed E-state index contributed by atoms with van der Waals surface area (Å²) in [5.41, 5.74) is 3.09. The van der Waals surface area contributed by atoms with E-state index in [1.807, 2.05) is 54.6 Å². The Morgan fingerprint density at radius 2 is 1.42 bits per heavy atom. The van der Waals surface area contributed by atoms with Gasteiger partial charge in [0.05, 0.1) is 19.8 Å². The smallest absolute Gasteiger partial charge is 0.259 e. The molecule has 1 amide bonds. The molecule has 0 saturated heterocycles. The molecule has 2 N–H and O–H groups in total. The van der Waals surface area contributed by atoms with E-state index < -0.39 is 0 Å². The molecule has 26 heavy (non-hydrogen) atoms. The van der Waals surface area contributed by atoms with E-state index in [4.69, 9.17) is 9.47 Å². The first-order chi connectivity index (χ1) is 12.7. The second kappa shape index (κ2) is 8.07. The summed E-state index contributed by atoms with van der Waals surface area (Å²) in [5, 5.41) is 6.17. The standard InChI is InChI=1S/C21H20N2O3/c1-25-18-12-13-19(20(14-18)26-2)21(24)23-17-10-8-16(9-11-17)22-15-6-4-3-5-7-15/h3-14,22H,1-2H3,(H,23,24). The van der Waals surface area contributed by atoms with E-state index in [-0.39, 0.29) is 5.91 Å². The molecule has 3 aromatic carbocycles. The lowest BCUT2D eigenvalue weighted by Gasteiger charge is -2.11. The van der Waals surface area contributed by atoms with Crippen molar-refractivity contribution in [3.8, 4) is 11.5 Å². The molecule has 0 aromatic heterocycles. The van der Waals surface area contributed by atoms with Crippen molar-refractivity contribution in [1.82, 2.24) is 0 Å². The van der Waals surface area contributed by atoms with E-state index in [9.17, 15) is 4.79 Å². The molecular weight excluding hydrogens is 328 g/mol. The second-order valence-electron chi connectivity index (χ2n) is 5.59. The summed E-state index contributed by atoms with van der Waals surface area (Å²) in [4.78, 5) is 12.5. The van der Waals surface area contributed by atoms with Gasteiger partial charge in [0, 0.05) is 23.1 Å². The molecule has 0 unspecified atom stereocenters. The Morgan fingerprint density at radius 1 is 0.769 bits per heavy atom. The van der Waals surface area contributed by atoms with E-state index in [0.717, 1.165) is 11.4 Å². The van der Waals surface area contributed by atoms with Crippen molar-refractivity contribution in [1.29, 1.82) is 0 Å². The molecule has 0 atom stereocenters. The van der Waals surface area contributed by atoms with Gasteiger partial charge in [0.2, 0.25) is 0 Å². The average molecular weight is 348 g/mol. The third kappa shape index (κ3) is 4.13. The van der Waals surface area contributed by atoms with Gasteiger partial charge in [-0.05, 0) is 48.5 Å². The Morgan fingerprint density at radius 3 is 2.08 bits per heavy atom. The van der Waals surface area contributed by atoms with Crippen LogP contribution in [0.15, 0.2) is 72.8 Å². The lowest BCUT2D eigenvalue weighted by atomic mass is 10.1. The maximum absolute atomic E-state index is 12.5. The predicted octanol–water partition coefficient (Wildman–Crippen LogP) is 4.70. The number of hydrogen-bond acceptors (Lipinski definition) is 4. The van der Waals surface area contributed by atoms with Gasteiger partial charge in [0.15, 0.2) is 0 Å². The van der Waals surface area contributed by atoms with E-state index in [1.54, 1.807) is 25.3 Å². The van der Waals surface area contributed by atoms with Crippen LogP contribution in [0.2, 0.25) is 0 Å². The molecule has 0 aliphatic heterocycles. The normalized spacial score (nSPS) is 10.1. The summed E-state index contributed by atoms with van der Waals surface area (Å²) >= 11 is 0. The number of para-hydroxylation sites is 1. The number of carbonyl (C=O) groups is 1. The van der Waals surface area contributed by atoms with Crippen LogP contribution >= 0.6 is 0 Å². The fraction of sp³-hybridized carbons (Fsp3) is 0.0952. The van der Waals surface area contributed by atoms with Crippen molar-refractivity contribution in [2.45, 2.75) is 0 Å². The Labute approximate surface area is 152 Å². The minimum absolute atomic E-state index is 0.242. The van der Waals surface area contributed by atoms with Crippen LogP contribution in [-0.4, -0.2) is 20.1 Å². The van der Waals surface area contributed by atoms with Gasteiger partial charge in [-0.2, -0.15) is 0 Å². The summed E-state index contributed by atoms with van der Waals surface area (Å²) in [5.74, 6) is 0.854. The number of methoxy groups -OCH3 is 2. The predicted molar refractivity (Wildman–Crippen MR) is 104 cm³/mol. The summed E-state index contributed by atoms with van der Waals surface area (Å²) in [7, 11) is 3.09. The van der Waals surface area contributed by atoms with Gasteiger partial charge in [-0.25, -0.2) is 0 Å². The van der Waals surface area contributed by atoms with Crippen LogP contribution in [0.25, 0.3) is 0 Å². The zero-order valence-corrected chi connectivity index (χ0v) is 14.7. The molecule has 132 valence electrons. The number of hydrogen-bond donors (Lipinski definition) is 2. The number of nitrogens with one attached hydrogen (secondary N) is 2. The average Bonchev–Trinajstić information content (AvgIpc) is 2.69. The minimum Gasteiger partial charge on any atom is -0.497 e. The molecular formula is C21H20N2O3. The molecule has 0 radical (unpaired) electrons. The first-order valence-electron chi connectivity index (χ1n) is 8.15. The molecule has 0 heterocycles. The fourth-order valence-electron chi connectivity index (χ4n) is 2.51. The Hall–Kier alpha value is -3.47. The minimum atomic E-state index is -0.242. The molecule has 0 bridgehead atoms. The summed E-state index contributed by atoms with van der Waals surface area (Å²) in [6.45, 7) is 0. The highest BCUT2D eigenvalue weighted by Gasteiger charge is 2.13. The fourth-order valence-corrected chi connectivity index (χ4v) is 2.51. The lowest BCUT2D eigenvalue weighted by Crippen LogP contribution is -2.13. The van der Waals surface area contributed by atoms with Gasteiger partial charge < -0.3 is 20.1 Å². The Bertz CT molecular complexity index is 878. The van der Waals surface area contributed by atoms with Crippen molar-refractivity contribution in [3.05, 3.63) is 78.4 Å². The van der Waals surface area contributed by atoms with Crippen LogP contribution < -0.4 is 20.1 Å². The Kier molecular flexibility index (Phi) is 5.39. The SMILES string of the molecule is COc1ccc(C(=O)Nc2ccc(Nc3ccccc3)cc2)c(OC)c1. The van der Waals surface area contributed by atoms with Crippen molar-refractivity contribution in [2.75, 3.05) is 24.9 Å². The van der Waals surface area contributed by atoms with E-state index >= 15 is 0 Å². The highest BCUT2D eigenvalue weighted by Crippen LogP contribution is 2.26. The monoisotopic (exact) mass is 348 g/mol. The Balaban J connectivity index is 1.70. The summed E-state index contributed by atoms with van der Waals surface area (Å²) < 4.78 is 10.4. The number of benzene rings is 3. The second-order valence-corrected chi connectivity index (χ2v) is 5.59. The highest BCUT2D eigenvalue weighted by atomic mass is 16.5. The summed E-state index contributed by atoms with van der Waals surface area (Å²) in [6, 6.07) is 22.5. The third-order valence-electron chi connectivity index (χ3n) is 3.86. The summed E-state index contributed by atoms with van der Waals surface area (Å²) in [6.07, 6.45) is 0. The van der Waals surface area contributed by atoms with Crippen LogP contribution in [0.4, 0.5) is 17.1 Å². The number of rotatable bonds is 6. The van der Waals surface area contributed by atoms with Gasteiger partial charge >= 0.3 is 0 Å². The highest BCUT2D eigenvalue weighted by molar-refractivity contribution is 6.06. The van der Waals surface area contributed by atoms with Crippen LogP contribution in [0.5, 0.6) is 11.5 Å². The van der Waals surface area contributed by atoms with E-state index in [1.165, 1.54) is 7.11 Å². The molecule has 3 aromatic rings. The van der Waals surface area contributed by atoms with Gasteiger partial charge in [-0.1, -0.05) is 18.2 Å². The van der Waals surface area contributed by atoms with E-state index in [2.05, 4.69) is 10.6 Å². The van der Waals surface area contributed by atoms with Crippen LogP contribution in [0.3, 0.4) is 0 Å². The number of carbonyl (C=O) groups excluding carboxylic acids is 1. The maximum Gasteiger partial charge on any atom is 0.259 e. The molecule has 0 aliphatic rings. The quantitative estimate of drug-likeness (QED) is 0.678. The van der Waals surface area contributed by atoms with Crippen molar-refractivity contribution in [2.24, 2.45) is 0 Å². The van der Waals surface area contributed by atoms with Crippen molar-refractivity contribution in [3.63, 3.8) is 0 Å². The number of amides is 1. The number of anilines is 3. The van der Waals surface area contributed by atoms with Crippen LogP contribution in [0, 0.1) is 0 Å². The molecule has 3 rings (SSSR count). The van der Waals surface area contributed by atoms with Gasteiger partial charge in [-0.3, -0.25) is 4.79 Å². The van der Waals surface area contributed by atoms with Gasteiger partial charge in [0.1, 0.15) is 11.5 Å². The van der Waals surface area contributed by atoms with Crippen LogP contribution in [0.1, 0.15) is 10.4 Å².